The minimum absolute atomic E-state index is 0.00852. The second-order valence-corrected chi connectivity index (χ2v) is 5.50. The summed E-state index contributed by atoms with van der Waals surface area (Å²) in [5.41, 5.74) is 3.62. The molecule has 0 atom stereocenters. The quantitative estimate of drug-likeness (QED) is 0.867. The summed E-state index contributed by atoms with van der Waals surface area (Å²) >= 11 is 0. The molecule has 0 aliphatic rings. The Morgan fingerprint density at radius 3 is 2.62 bits per heavy atom. The van der Waals surface area contributed by atoms with Gasteiger partial charge in [0.25, 0.3) is 0 Å². The second kappa shape index (κ2) is 6.08. The van der Waals surface area contributed by atoms with Gasteiger partial charge in [-0.3, -0.25) is 19.0 Å². The zero-order valence-corrected chi connectivity index (χ0v) is 13.3. The third-order valence-corrected chi connectivity index (χ3v) is 3.48. The van der Waals surface area contributed by atoms with E-state index in [1.165, 1.54) is 0 Å². The Hall–Kier alpha value is -2.17. The van der Waals surface area contributed by atoms with Gasteiger partial charge >= 0.3 is 0 Å². The van der Waals surface area contributed by atoms with Crippen LogP contribution in [0.1, 0.15) is 35.6 Å². The highest BCUT2D eigenvalue weighted by atomic mass is 16.2. The van der Waals surface area contributed by atoms with E-state index in [2.05, 4.69) is 10.1 Å². The summed E-state index contributed by atoms with van der Waals surface area (Å²) in [5.74, 6) is 0.00852. The average Bonchev–Trinajstić information content (AvgIpc) is 2.65. The smallest absolute Gasteiger partial charge is 0.236 e. The van der Waals surface area contributed by atoms with Crippen molar-refractivity contribution in [3.05, 3.63) is 46.8 Å². The van der Waals surface area contributed by atoms with Gasteiger partial charge in [0.1, 0.15) is 5.49 Å². The minimum Gasteiger partial charge on any atom is -0.274 e. The van der Waals surface area contributed by atoms with Gasteiger partial charge in [-0.25, -0.2) is 0 Å². The molecule has 0 saturated carbocycles. The molecule has 2 aromatic heterocycles. The SMILES string of the molecule is Cc1nn(C)c(C)c1CC(=O)n1ccccc1=NC(C)C. The van der Waals surface area contributed by atoms with Crippen LogP contribution < -0.4 is 5.49 Å². The van der Waals surface area contributed by atoms with Gasteiger partial charge in [-0.1, -0.05) is 6.07 Å². The molecule has 0 aliphatic heterocycles. The molecule has 0 fully saturated rings. The fraction of sp³-hybridized carbons (Fsp3) is 0.438. The van der Waals surface area contributed by atoms with Gasteiger partial charge in [0.2, 0.25) is 5.91 Å². The van der Waals surface area contributed by atoms with E-state index in [-0.39, 0.29) is 11.9 Å². The van der Waals surface area contributed by atoms with Crippen molar-refractivity contribution in [1.82, 2.24) is 14.3 Å². The van der Waals surface area contributed by atoms with E-state index in [9.17, 15) is 4.79 Å². The van der Waals surface area contributed by atoms with Crippen LogP contribution in [-0.4, -0.2) is 26.3 Å². The monoisotopic (exact) mass is 286 g/mol. The van der Waals surface area contributed by atoms with Crippen molar-refractivity contribution in [3.63, 3.8) is 0 Å². The number of nitrogens with zero attached hydrogens (tertiary/aromatic N) is 4. The van der Waals surface area contributed by atoms with Gasteiger partial charge < -0.3 is 0 Å². The standard InChI is InChI=1S/C16H22N4O/c1-11(2)17-15-8-6-7-9-20(15)16(21)10-14-12(3)18-19(5)13(14)4/h6-9,11H,10H2,1-5H3. The Bertz CT molecular complexity index is 722. The molecule has 2 rings (SSSR count). The van der Waals surface area contributed by atoms with Crippen LogP contribution in [0.2, 0.25) is 0 Å². The number of aromatic nitrogens is 3. The molecule has 0 aliphatic carbocycles. The minimum atomic E-state index is 0.00852. The molecule has 0 aromatic carbocycles. The number of hydrogen-bond donors (Lipinski definition) is 0. The van der Waals surface area contributed by atoms with Crippen molar-refractivity contribution in [3.8, 4) is 0 Å². The van der Waals surface area contributed by atoms with E-state index in [0.717, 1.165) is 17.0 Å². The summed E-state index contributed by atoms with van der Waals surface area (Å²) in [6.07, 6.45) is 2.10. The predicted molar refractivity (Wildman–Crippen MR) is 82.1 cm³/mol. The van der Waals surface area contributed by atoms with E-state index in [0.29, 0.717) is 11.9 Å². The summed E-state index contributed by atoms with van der Waals surface area (Å²) in [4.78, 5) is 17.1. The first-order valence-electron chi connectivity index (χ1n) is 7.14. The lowest BCUT2D eigenvalue weighted by Crippen LogP contribution is -2.29. The van der Waals surface area contributed by atoms with Crippen LogP contribution in [0.15, 0.2) is 29.4 Å². The zero-order valence-electron chi connectivity index (χ0n) is 13.3. The molecular weight excluding hydrogens is 264 g/mol. The van der Waals surface area contributed by atoms with Crippen molar-refractivity contribution in [2.75, 3.05) is 0 Å². The molecule has 0 N–H and O–H groups in total. The maximum Gasteiger partial charge on any atom is 0.236 e. The molecular formula is C16H22N4O. The second-order valence-electron chi connectivity index (χ2n) is 5.50. The first-order chi connectivity index (χ1) is 9.90. The Kier molecular flexibility index (Phi) is 4.40. The lowest BCUT2D eigenvalue weighted by molar-refractivity contribution is 0.0908. The lowest BCUT2D eigenvalue weighted by Gasteiger charge is -2.07. The van der Waals surface area contributed by atoms with Crippen molar-refractivity contribution in [1.29, 1.82) is 0 Å². The molecule has 0 unspecified atom stereocenters. The van der Waals surface area contributed by atoms with Gasteiger partial charge in [0.05, 0.1) is 12.1 Å². The van der Waals surface area contributed by atoms with Gasteiger partial charge in [0, 0.05) is 30.5 Å². The maximum atomic E-state index is 12.6. The Labute approximate surface area is 125 Å². The van der Waals surface area contributed by atoms with E-state index >= 15 is 0 Å². The van der Waals surface area contributed by atoms with Crippen molar-refractivity contribution < 1.29 is 4.79 Å². The molecule has 0 bridgehead atoms. The summed E-state index contributed by atoms with van der Waals surface area (Å²) in [5, 5.41) is 4.36. The predicted octanol–water partition coefficient (Wildman–Crippen LogP) is 2.03. The van der Waals surface area contributed by atoms with Gasteiger partial charge in [-0.05, 0) is 39.8 Å². The summed E-state index contributed by atoms with van der Waals surface area (Å²) in [6.45, 7) is 7.91. The number of carbonyl (C=O) groups is 1. The van der Waals surface area contributed by atoms with E-state index in [4.69, 9.17) is 0 Å². The van der Waals surface area contributed by atoms with Crippen LogP contribution >= 0.6 is 0 Å². The molecule has 5 heteroatoms. The number of aryl methyl sites for hydroxylation is 2. The van der Waals surface area contributed by atoms with E-state index < -0.39 is 0 Å². The fourth-order valence-electron chi connectivity index (χ4n) is 2.32. The highest BCUT2D eigenvalue weighted by molar-refractivity contribution is 5.81. The molecule has 0 radical (unpaired) electrons. The fourth-order valence-corrected chi connectivity index (χ4v) is 2.32. The third kappa shape index (κ3) is 3.29. The molecule has 5 nitrogen and oxygen atoms in total. The van der Waals surface area contributed by atoms with Gasteiger partial charge in [-0.2, -0.15) is 5.10 Å². The molecule has 0 spiro atoms. The number of pyridine rings is 1. The topological polar surface area (TPSA) is 52.2 Å². The summed E-state index contributed by atoms with van der Waals surface area (Å²) in [6, 6.07) is 5.75. The van der Waals surface area contributed by atoms with Crippen LogP contribution in [0.4, 0.5) is 0 Å². The first kappa shape index (κ1) is 15.2. The summed E-state index contributed by atoms with van der Waals surface area (Å²) in [7, 11) is 1.89. The largest absolute Gasteiger partial charge is 0.274 e. The third-order valence-electron chi connectivity index (χ3n) is 3.48. The van der Waals surface area contributed by atoms with Crippen LogP contribution in [-0.2, 0) is 13.5 Å². The number of carbonyl (C=O) groups excluding carboxylic acids is 1. The van der Waals surface area contributed by atoms with Crippen LogP contribution in [0.5, 0.6) is 0 Å². The Morgan fingerprint density at radius 2 is 2.05 bits per heavy atom. The van der Waals surface area contributed by atoms with Crippen molar-refractivity contribution in [2.45, 2.75) is 40.2 Å². The van der Waals surface area contributed by atoms with Gasteiger partial charge in [-0.15, -0.1) is 0 Å². The van der Waals surface area contributed by atoms with Gasteiger partial charge in [0.15, 0.2) is 0 Å². The number of rotatable bonds is 3. The molecule has 2 aromatic rings. The molecule has 21 heavy (non-hydrogen) atoms. The molecule has 0 amide bonds. The van der Waals surface area contributed by atoms with E-state index in [1.807, 2.05) is 57.6 Å². The highest BCUT2D eigenvalue weighted by Crippen LogP contribution is 2.13. The van der Waals surface area contributed by atoms with Crippen molar-refractivity contribution in [2.24, 2.45) is 12.0 Å². The Balaban J connectivity index is 2.38. The molecule has 2 heterocycles. The normalized spacial score (nSPS) is 12.2. The highest BCUT2D eigenvalue weighted by Gasteiger charge is 2.14. The van der Waals surface area contributed by atoms with Crippen LogP contribution in [0.25, 0.3) is 0 Å². The van der Waals surface area contributed by atoms with Crippen LogP contribution in [0.3, 0.4) is 0 Å². The van der Waals surface area contributed by atoms with Crippen molar-refractivity contribution >= 4 is 5.91 Å². The Morgan fingerprint density at radius 1 is 1.33 bits per heavy atom. The number of hydrogen-bond acceptors (Lipinski definition) is 3. The maximum absolute atomic E-state index is 12.6. The van der Waals surface area contributed by atoms with E-state index in [1.54, 1.807) is 10.8 Å². The molecule has 0 saturated heterocycles. The lowest BCUT2D eigenvalue weighted by atomic mass is 10.1. The zero-order chi connectivity index (χ0) is 15.6. The first-order valence-corrected chi connectivity index (χ1v) is 7.14. The van der Waals surface area contributed by atoms with Crippen LogP contribution in [0, 0.1) is 13.8 Å². The average molecular weight is 286 g/mol. The molecule has 112 valence electrons. The summed E-state index contributed by atoms with van der Waals surface area (Å²) < 4.78 is 3.43.